The van der Waals surface area contributed by atoms with E-state index in [-0.39, 0.29) is 12.0 Å². The minimum absolute atomic E-state index is 0.0729. The number of nitrogens with one attached hydrogen (secondary N) is 1. The van der Waals surface area contributed by atoms with Gasteiger partial charge < -0.3 is 10.1 Å². The molecule has 2 aromatic rings. The van der Waals surface area contributed by atoms with Crippen molar-refractivity contribution in [3.8, 4) is 0 Å². The summed E-state index contributed by atoms with van der Waals surface area (Å²) in [5.41, 5.74) is 2.43. The Morgan fingerprint density at radius 3 is 2.95 bits per heavy atom. The zero-order valence-corrected chi connectivity index (χ0v) is 13.1. The Morgan fingerprint density at radius 2 is 2.23 bits per heavy atom. The lowest BCUT2D eigenvalue weighted by molar-refractivity contribution is -0.00119. The molecule has 0 spiro atoms. The van der Waals surface area contributed by atoms with Gasteiger partial charge in [0.15, 0.2) is 5.69 Å². The van der Waals surface area contributed by atoms with Crippen LogP contribution in [0, 0.1) is 0 Å². The molecular weight excluding hydrogens is 302 g/mol. The van der Waals surface area contributed by atoms with Gasteiger partial charge in [-0.3, -0.25) is 9.48 Å². The molecule has 1 aliphatic rings. The highest BCUT2D eigenvalue weighted by atomic mass is 35.5. The summed E-state index contributed by atoms with van der Waals surface area (Å²) in [6.07, 6.45) is 0.831. The molecule has 0 bridgehead atoms. The number of hydrogen-bond acceptors (Lipinski definition) is 3. The highest BCUT2D eigenvalue weighted by molar-refractivity contribution is 6.30. The van der Waals surface area contributed by atoms with Crippen molar-refractivity contribution in [2.24, 2.45) is 0 Å². The number of amides is 1. The van der Waals surface area contributed by atoms with E-state index >= 15 is 0 Å². The highest BCUT2D eigenvalue weighted by Gasteiger charge is 2.23. The quantitative estimate of drug-likeness (QED) is 0.942. The van der Waals surface area contributed by atoms with Crippen molar-refractivity contribution >= 4 is 17.5 Å². The van der Waals surface area contributed by atoms with Crippen LogP contribution in [-0.4, -0.2) is 22.2 Å². The minimum Gasteiger partial charge on any atom is -0.365 e. The van der Waals surface area contributed by atoms with Crippen molar-refractivity contribution in [1.29, 1.82) is 0 Å². The standard InChI is InChI=1S/C16H18ClN3O2/c1-2-7-18-16(21)14-8-13-10-22-15(9-20(13)19-14)11-3-5-12(17)6-4-11/h3-6,8,15H,2,7,9-10H2,1H3,(H,18,21). The van der Waals surface area contributed by atoms with Gasteiger partial charge in [-0.25, -0.2) is 0 Å². The van der Waals surface area contributed by atoms with Gasteiger partial charge in [-0.05, 0) is 30.2 Å². The first-order valence-electron chi connectivity index (χ1n) is 7.39. The zero-order valence-electron chi connectivity index (χ0n) is 12.4. The largest absolute Gasteiger partial charge is 0.365 e. The van der Waals surface area contributed by atoms with Gasteiger partial charge in [0, 0.05) is 11.6 Å². The Labute approximate surface area is 134 Å². The van der Waals surface area contributed by atoms with Crippen molar-refractivity contribution in [3.63, 3.8) is 0 Å². The van der Waals surface area contributed by atoms with Crippen molar-refractivity contribution in [2.75, 3.05) is 6.54 Å². The predicted octanol–water partition coefficient (Wildman–Crippen LogP) is 2.95. The van der Waals surface area contributed by atoms with Crippen LogP contribution in [0.5, 0.6) is 0 Å². The Hall–Kier alpha value is -1.85. The molecule has 22 heavy (non-hydrogen) atoms. The maximum atomic E-state index is 12.0. The molecular formula is C16H18ClN3O2. The number of aromatic nitrogens is 2. The van der Waals surface area contributed by atoms with Gasteiger partial charge >= 0.3 is 0 Å². The molecule has 3 rings (SSSR count). The second-order valence-corrected chi connectivity index (χ2v) is 5.75. The van der Waals surface area contributed by atoms with E-state index in [4.69, 9.17) is 16.3 Å². The molecule has 116 valence electrons. The van der Waals surface area contributed by atoms with Gasteiger partial charge in [0.05, 0.1) is 18.8 Å². The fourth-order valence-corrected chi connectivity index (χ4v) is 2.57. The Morgan fingerprint density at radius 1 is 1.45 bits per heavy atom. The molecule has 6 heteroatoms. The number of benzene rings is 1. The minimum atomic E-state index is -0.133. The number of ether oxygens (including phenoxy) is 1. The number of carbonyl (C=O) groups excluding carboxylic acids is 1. The fourth-order valence-electron chi connectivity index (χ4n) is 2.44. The van der Waals surface area contributed by atoms with Crippen LogP contribution in [0.25, 0.3) is 0 Å². The normalized spacial score (nSPS) is 17.1. The number of halogens is 1. The first-order chi connectivity index (χ1) is 10.7. The summed E-state index contributed by atoms with van der Waals surface area (Å²) in [6, 6.07) is 9.40. The predicted molar refractivity (Wildman–Crippen MR) is 83.8 cm³/mol. The van der Waals surface area contributed by atoms with Crippen molar-refractivity contribution in [1.82, 2.24) is 15.1 Å². The molecule has 0 fully saturated rings. The molecule has 1 unspecified atom stereocenters. The summed E-state index contributed by atoms with van der Waals surface area (Å²) in [7, 11) is 0. The third-order valence-corrected chi connectivity index (χ3v) is 3.90. The van der Waals surface area contributed by atoms with Crippen LogP contribution in [-0.2, 0) is 17.9 Å². The first kappa shape index (κ1) is 15.1. The van der Waals surface area contributed by atoms with Crippen LogP contribution >= 0.6 is 11.6 Å². The van der Waals surface area contributed by atoms with Gasteiger partial charge in [0.1, 0.15) is 6.10 Å². The third kappa shape index (κ3) is 3.15. The Balaban J connectivity index is 1.74. The van der Waals surface area contributed by atoms with Gasteiger partial charge in [-0.15, -0.1) is 0 Å². The molecule has 1 N–H and O–H groups in total. The SMILES string of the molecule is CCCNC(=O)c1cc2n(n1)CC(c1ccc(Cl)cc1)OC2. The smallest absolute Gasteiger partial charge is 0.271 e. The van der Waals surface area contributed by atoms with Crippen LogP contribution < -0.4 is 5.32 Å². The van der Waals surface area contributed by atoms with Crippen LogP contribution in [0.15, 0.2) is 30.3 Å². The maximum Gasteiger partial charge on any atom is 0.271 e. The lowest BCUT2D eigenvalue weighted by Crippen LogP contribution is -2.25. The molecule has 1 amide bonds. The lowest BCUT2D eigenvalue weighted by Gasteiger charge is -2.24. The van der Waals surface area contributed by atoms with Gasteiger partial charge in [-0.2, -0.15) is 5.10 Å². The van der Waals surface area contributed by atoms with Crippen LogP contribution in [0.2, 0.25) is 5.02 Å². The first-order valence-corrected chi connectivity index (χ1v) is 7.77. The monoisotopic (exact) mass is 319 g/mol. The molecule has 0 aliphatic carbocycles. The topological polar surface area (TPSA) is 56.2 Å². The average molecular weight is 320 g/mol. The molecule has 0 radical (unpaired) electrons. The number of rotatable bonds is 4. The maximum absolute atomic E-state index is 12.0. The Kier molecular flexibility index (Phi) is 4.45. The summed E-state index contributed by atoms with van der Waals surface area (Å²) < 4.78 is 7.72. The molecule has 0 saturated heterocycles. The number of fused-ring (bicyclic) bond motifs is 1. The van der Waals surface area contributed by atoms with Gasteiger partial charge in [0.2, 0.25) is 0 Å². The van der Waals surface area contributed by atoms with E-state index in [0.29, 0.717) is 30.4 Å². The van der Waals surface area contributed by atoms with Gasteiger partial charge in [-0.1, -0.05) is 30.7 Å². The third-order valence-electron chi connectivity index (χ3n) is 3.64. The molecule has 2 heterocycles. The van der Waals surface area contributed by atoms with E-state index in [2.05, 4.69) is 10.4 Å². The zero-order chi connectivity index (χ0) is 15.5. The summed E-state index contributed by atoms with van der Waals surface area (Å²) in [6.45, 7) is 3.72. The molecule has 1 aromatic heterocycles. The molecule has 1 aliphatic heterocycles. The molecule has 0 saturated carbocycles. The van der Waals surface area contributed by atoms with Crippen LogP contribution in [0.3, 0.4) is 0 Å². The fraction of sp³-hybridized carbons (Fsp3) is 0.375. The number of carbonyl (C=O) groups is 1. The number of nitrogens with zero attached hydrogens (tertiary/aromatic N) is 2. The van der Waals surface area contributed by atoms with Crippen LogP contribution in [0.1, 0.15) is 41.2 Å². The summed E-state index contributed by atoms with van der Waals surface area (Å²) in [5, 5.41) is 7.94. The van der Waals surface area contributed by atoms with Crippen LogP contribution in [0.4, 0.5) is 0 Å². The average Bonchev–Trinajstić information content (AvgIpc) is 2.96. The summed E-state index contributed by atoms with van der Waals surface area (Å²) >= 11 is 5.91. The van der Waals surface area contributed by atoms with Crippen molar-refractivity contribution < 1.29 is 9.53 Å². The van der Waals surface area contributed by atoms with E-state index in [9.17, 15) is 4.79 Å². The molecule has 1 aromatic carbocycles. The van der Waals surface area contributed by atoms with E-state index in [1.165, 1.54) is 0 Å². The van der Waals surface area contributed by atoms with Crippen molar-refractivity contribution in [3.05, 3.63) is 52.3 Å². The van der Waals surface area contributed by atoms with E-state index in [1.807, 2.05) is 35.9 Å². The van der Waals surface area contributed by atoms with Crippen molar-refractivity contribution in [2.45, 2.75) is 32.6 Å². The molecule has 5 nitrogen and oxygen atoms in total. The summed E-state index contributed by atoms with van der Waals surface area (Å²) in [4.78, 5) is 12.0. The second kappa shape index (κ2) is 6.50. The lowest BCUT2D eigenvalue weighted by atomic mass is 10.1. The van der Waals surface area contributed by atoms with E-state index < -0.39 is 0 Å². The summed E-state index contributed by atoms with van der Waals surface area (Å²) in [5.74, 6) is -0.133. The van der Waals surface area contributed by atoms with E-state index in [1.54, 1.807) is 6.07 Å². The van der Waals surface area contributed by atoms with Gasteiger partial charge in [0.25, 0.3) is 5.91 Å². The Bertz CT molecular complexity index is 667. The highest BCUT2D eigenvalue weighted by Crippen LogP contribution is 2.27. The number of hydrogen-bond donors (Lipinski definition) is 1. The molecule has 1 atom stereocenters. The second-order valence-electron chi connectivity index (χ2n) is 5.31. The van der Waals surface area contributed by atoms with E-state index in [0.717, 1.165) is 17.7 Å².